The number of carbonyl (C=O) groups is 2. The minimum absolute atomic E-state index is 0. The Balaban J connectivity index is 0. The van der Waals surface area contributed by atoms with Crippen LogP contribution in [0.2, 0.25) is 0 Å². The summed E-state index contributed by atoms with van der Waals surface area (Å²) in [7, 11) is 0. The van der Waals surface area contributed by atoms with Gasteiger partial charge in [-0.25, -0.2) is 0 Å². The van der Waals surface area contributed by atoms with Gasteiger partial charge < -0.3 is 31.2 Å². The van der Waals surface area contributed by atoms with Gasteiger partial charge in [0.05, 0.1) is 38.3 Å². The van der Waals surface area contributed by atoms with Crippen molar-refractivity contribution in [1.82, 2.24) is 0 Å². The lowest BCUT2D eigenvalue weighted by Gasteiger charge is -2.04. The summed E-state index contributed by atoms with van der Waals surface area (Å²) >= 11 is 0. The van der Waals surface area contributed by atoms with E-state index >= 15 is 0 Å². The zero-order valence-corrected chi connectivity index (χ0v) is 12.3. The molecule has 0 aromatic heterocycles. The number of hydrogen-bond donors (Lipinski definition) is 4. The van der Waals surface area contributed by atoms with Crippen LogP contribution in [-0.4, -0.2) is 60.7 Å². The van der Waals surface area contributed by atoms with Crippen LogP contribution in [0.25, 0.3) is 0 Å². The van der Waals surface area contributed by atoms with Gasteiger partial charge in [0.25, 0.3) is 0 Å². The molecule has 2 aliphatic heterocycles. The van der Waals surface area contributed by atoms with Crippen LogP contribution in [0.3, 0.4) is 0 Å². The largest absolute Gasteiger partial charge is 0.481 e. The second-order valence-electron chi connectivity index (χ2n) is 4.29. The van der Waals surface area contributed by atoms with Crippen molar-refractivity contribution in [3.05, 3.63) is 0 Å². The van der Waals surface area contributed by atoms with Crippen LogP contribution in [-0.2, 0) is 19.1 Å². The average Bonchev–Trinajstić information content (AvgIpc) is 2.87. The first-order chi connectivity index (χ1) is 8.43. The molecule has 2 saturated heterocycles. The zero-order valence-electron chi connectivity index (χ0n) is 10.6. The Morgan fingerprint density at radius 1 is 0.800 bits per heavy atom. The Morgan fingerprint density at radius 3 is 1.20 bits per heavy atom. The number of hydrogen-bond acceptors (Lipinski definition) is 6. The fourth-order valence-electron chi connectivity index (χ4n) is 1.65. The summed E-state index contributed by atoms with van der Waals surface area (Å²) in [6.45, 7) is 1.26. The van der Waals surface area contributed by atoms with E-state index in [1.165, 1.54) is 0 Å². The van der Waals surface area contributed by atoms with Gasteiger partial charge in [0.15, 0.2) is 0 Å². The summed E-state index contributed by atoms with van der Waals surface area (Å²) < 4.78 is 9.65. The molecule has 2 heterocycles. The molecule has 6 N–H and O–H groups in total. The van der Waals surface area contributed by atoms with Gasteiger partial charge in [-0.2, -0.15) is 0 Å². The molecular formula is C10H20Cl2N2O6. The number of carboxylic acid groups (broad SMARTS) is 2. The van der Waals surface area contributed by atoms with Crippen LogP contribution >= 0.6 is 24.8 Å². The summed E-state index contributed by atoms with van der Waals surface area (Å²) in [4.78, 5) is 20.5. The lowest BCUT2D eigenvalue weighted by Crippen LogP contribution is -2.33. The van der Waals surface area contributed by atoms with Crippen LogP contribution in [0.15, 0.2) is 0 Å². The highest BCUT2D eigenvalue weighted by Crippen LogP contribution is 2.11. The van der Waals surface area contributed by atoms with E-state index in [1.807, 2.05) is 0 Å². The monoisotopic (exact) mass is 334 g/mol. The quantitative estimate of drug-likeness (QED) is 0.499. The molecule has 120 valence electrons. The summed E-state index contributed by atoms with van der Waals surface area (Å²) in [6.07, 6.45) is 0. The Kier molecular flexibility index (Phi) is 11.0. The van der Waals surface area contributed by atoms with Crippen molar-refractivity contribution in [2.75, 3.05) is 26.4 Å². The van der Waals surface area contributed by atoms with Crippen molar-refractivity contribution in [2.45, 2.75) is 12.1 Å². The van der Waals surface area contributed by atoms with Crippen molar-refractivity contribution < 1.29 is 29.3 Å². The highest BCUT2D eigenvalue weighted by Gasteiger charge is 2.31. The number of carboxylic acids is 2. The van der Waals surface area contributed by atoms with Gasteiger partial charge in [0.1, 0.15) is 0 Å². The molecule has 0 bridgehead atoms. The zero-order chi connectivity index (χ0) is 13.7. The molecule has 2 aliphatic rings. The van der Waals surface area contributed by atoms with Crippen LogP contribution in [0, 0.1) is 11.8 Å². The molecule has 0 amide bonds. The average molecular weight is 335 g/mol. The maximum Gasteiger partial charge on any atom is 0.310 e. The molecule has 0 spiro atoms. The Hall–Kier alpha value is -0.640. The molecule has 0 saturated carbocycles. The first-order valence-corrected chi connectivity index (χ1v) is 5.55. The fraction of sp³-hybridized carbons (Fsp3) is 0.800. The standard InChI is InChI=1S/2C5H9NO3.2ClH/c2*6-4-2-9-1-3(4)5(7)8;;/h2*3-4H,1-2,6H2,(H,7,8);2*1H/t2*3-,4-;;/m10../s1. The van der Waals surface area contributed by atoms with Crippen molar-refractivity contribution in [2.24, 2.45) is 23.3 Å². The summed E-state index contributed by atoms with van der Waals surface area (Å²) in [5.74, 6) is -2.71. The van der Waals surface area contributed by atoms with Gasteiger partial charge in [-0.3, -0.25) is 9.59 Å². The van der Waals surface area contributed by atoms with E-state index < -0.39 is 23.8 Å². The molecule has 0 aliphatic carbocycles. The van der Waals surface area contributed by atoms with Crippen molar-refractivity contribution in [3.8, 4) is 0 Å². The lowest BCUT2D eigenvalue weighted by atomic mass is 10.1. The van der Waals surface area contributed by atoms with E-state index in [9.17, 15) is 9.59 Å². The van der Waals surface area contributed by atoms with Crippen molar-refractivity contribution in [1.29, 1.82) is 0 Å². The van der Waals surface area contributed by atoms with Gasteiger partial charge in [-0.1, -0.05) is 0 Å². The van der Waals surface area contributed by atoms with Crippen LogP contribution in [0.4, 0.5) is 0 Å². The summed E-state index contributed by atoms with van der Waals surface area (Å²) in [5, 5.41) is 16.8. The second kappa shape index (κ2) is 10.1. The highest BCUT2D eigenvalue weighted by atomic mass is 35.5. The molecule has 0 radical (unpaired) electrons. The number of nitrogens with two attached hydrogens (primary N) is 2. The summed E-state index contributed by atoms with van der Waals surface area (Å²) in [6, 6.07) is -0.634. The Bertz CT molecular complexity index is 290. The highest BCUT2D eigenvalue weighted by molar-refractivity contribution is 5.85. The van der Waals surface area contributed by atoms with Crippen LogP contribution < -0.4 is 11.5 Å². The minimum Gasteiger partial charge on any atom is -0.481 e. The molecule has 0 aromatic rings. The third-order valence-electron chi connectivity index (χ3n) is 2.88. The number of ether oxygens (including phenoxy) is 2. The summed E-state index contributed by atoms with van der Waals surface area (Å²) in [5.41, 5.74) is 10.7. The normalized spacial score (nSPS) is 31.3. The molecule has 20 heavy (non-hydrogen) atoms. The van der Waals surface area contributed by atoms with Crippen molar-refractivity contribution in [3.63, 3.8) is 0 Å². The topological polar surface area (TPSA) is 145 Å². The van der Waals surface area contributed by atoms with E-state index in [0.717, 1.165) is 0 Å². The van der Waals surface area contributed by atoms with Gasteiger partial charge in [-0.15, -0.1) is 24.8 Å². The SMILES string of the molecule is Cl.Cl.N[C@@H]1COC[C@H]1C(=O)O.N[C@H]1COC[C@@H]1C(=O)O. The molecule has 0 aromatic carbocycles. The molecule has 2 rings (SSSR count). The first-order valence-electron chi connectivity index (χ1n) is 5.55. The van der Waals surface area contributed by atoms with Crippen LogP contribution in [0.5, 0.6) is 0 Å². The molecule has 8 nitrogen and oxygen atoms in total. The maximum atomic E-state index is 10.3. The molecule has 4 atom stereocenters. The molecule has 0 unspecified atom stereocenters. The Morgan fingerprint density at radius 2 is 1.10 bits per heavy atom. The van der Waals surface area contributed by atoms with E-state index in [1.54, 1.807) is 0 Å². The predicted molar refractivity (Wildman–Crippen MR) is 74.3 cm³/mol. The van der Waals surface area contributed by atoms with E-state index in [2.05, 4.69) is 0 Å². The Labute approximate surface area is 128 Å². The van der Waals surface area contributed by atoms with Gasteiger partial charge >= 0.3 is 11.9 Å². The van der Waals surface area contributed by atoms with Crippen molar-refractivity contribution >= 4 is 36.8 Å². The van der Waals surface area contributed by atoms with Gasteiger partial charge in [-0.05, 0) is 0 Å². The maximum absolute atomic E-state index is 10.3. The molecule has 2 fully saturated rings. The lowest BCUT2D eigenvalue weighted by molar-refractivity contribution is -0.142. The third-order valence-corrected chi connectivity index (χ3v) is 2.88. The number of aliphatic carboxylic acids is 2. The number of rotatable bonds is 2. The molecule has 10 heteroatoms. The van der Waals surface area contributed by atoms with E-state index in [0.29, 0.717) is 13.2 Å². The van der Waals surface area contributed by atoms with E-state index in [4.69, 9.17) is 31.2 Å². The van der Waals surface area contributed by atoms with Gasteiger partial charge in [0, 0.05) is 12.1 Å². The second-order valence-corrected chi connectivity index (χ2v) is 4.29. The smallest absolute Gasteiger partial charge is 0.310 e. The third kappa shape index (κ3) is 6.21. The van der Waals surface area contributed by atoms with Crippen LogP contribution in [0.1, 0.15) is 0 Å². The number of halogens is 2. The van der Waals surface area contributed by atoms with Gasteiger partial charge in [0.2, 0.25) is 0 Å². The molecular weight excluding hydrogens is 315 g/mol. The van der Waals surface area contributed by atoms with E-state index in [-0.39, 0.29) is 50.1 Å². The minimum atomic E-state index is -0.861. The predicted octanol–water partition coefficient (Wildman–Crippen LogP) is -1.07. The fourth-order valence-corrected chi connectivity index (χ4v) is 1.65. The first kappa shape index (κ1) is 21.7.